The predicted molar refractivity (Wildman–Crippen MR) is 168 cm³/mol. The summed E-state index contributed by atoms with van der Waals surface area (Å²) >= 11 is 2.10. The zero-order valence-electron chi connectivity index (χ0n) is 24.0. The van der Waals surface area contributed by atoms with Crippen LogP contribution < -0.4 is 24.6 Å². The molecule has 1 saturated heterocycles. The van der Waals surface area contributed by atoms with Gasteiger partial charge >= 0.3 is 4.87 Å². The lowest BCUT2D eigenvalue weighted by Gasteiger charge is -2.30. The molecule has 1 aromatic heterocycles. The summed E-state index contributed by atoms with van der Waals surface area (Å²) < 4.78 is 11.7. The zero-order valence-corrected chi connectivity index (χ0v) is 25.6. The maximum Gasteiger partial charge on any atom is 0.305 e. The number of nitrogens with zero attached hydrogens (tertiary/aromatic N) is 2. The van der Waals surface area contributed by atoms with Crippen LogP contribution >= 0.6 is 23.1 Å². The highest BCUT2D eigenvalue weighted by molar-refractivity contribution is 8.00. The summed E-state index contributed by atoms with van der Waals surface area (Å²) in [6.45, 7) is 3.73. The number of imide groups is 1. The minimum absolute atomic E-state index is 0.166. The molecule has 12 nitrogen and oxygen atoms in total. The molecule has 6 rings (SSSR count). The number of thiazole rings is 1. The molecule has 1 fully saturated rings. The highest BCUT2D eigenvalue weighted by Crippen LogP contribution is 2.53. The smallest absolute Gasteiger partial charge is 0.305 e. The quantitative estimate of drug-likeness (QED) is 0.147. The number of fused-ring (bicyclic) bond motifs is 2. The summed E-state index contributed by atoms with van der Waals surface area (Å²) in [6.07, 6.45) is 0. The summed E-state index contributed by atoms with van der Waals surface area (Å²) in [5.41, 5.74) is 2.33. The van der Waals surface area contributed by atoms with Crippen molar-refractivity contribution >= 4 is 57.9 Å². The second-order valence-electron chi connectivity index (χ2n) is 10.4. The minimum Gasteiger partial charge on any atom is -0.490 e. The summed E-state index contributed by atoms with van der Waals surface area (Å²) in [6, 6.07) is 17.7. The van der Waals surface area contributed by atoms with E-state index in [1.54, 1.807) is 31.2 Å². The van der Waals surface area contributed by atoms with E-state index in [9.17, 15) is 29.3 Å². The van der Waals surface area contributed by atoms with Crippen LogP contribution in [-0.4, -0.2) is 46.1 Å². The Labute approximate surface area is 264 Å². The fraction of sp³-hybridized carbons (Fsp3) is 0.226. The van der Waals surface area contributed by atoms with Crippen LogP contribution in [-0.2, 0) is 14.4 Å². The molecule has 3 amide bonds. The van der Waals surface area contributed by atoms with Crippen molar-refractivity contribution in [2.75, 3.05) is 23.4 Å². The van der Waals surface area contributed by atoms with Gasteiger partial charge in [-0.2, -0.15) is 0 Å². The number of aryl methyl sites for hydroxylation is 1. The number of non-ortho nitro benzene ring substituents is 1. The van der Waals surface area contributed by atoms with Gasteiger partial charge < -0.3 is 19.8 Å². The van der Waals surface area contributed by atoms with E-state index in [0.29, 0.717) is 32.7 Å². The second-order valence-corrected chi connectivity index (χ2v) is 12.5. The highest BCUT2D eigenvalue weighted by atomic mass is 32.2. The number of nitro benzene ring substituents is 1. The van der Waals surface area contributed by atoms with Gasteiger partial charge in [0.05, 0.1) is 28.2 Å². The number of rotatable bonds is 9. The molecule has 14 heteroatoms. The number of benzene rings is 3. The van der Waals surface area contributed by atoms with Crippen LogP contribution in [0.1, 0.15) is 28.8 Å². The van der Waals surface area contributed by atoms with Crippen molar-refractivity contribution in [1.29, 1.82) is 0 Å². The molecule has 230 valence electrons. The van der Waals surface area contributed by atoms with Crippen molar-refractivity contribution < 1.29 is 28.8 Å². The van der Waals surface area contributed by atoms with E-state index in [1.807, 2.05) is 25.1 Å². The number of ether oxygens (including phenoxy) is 2. The summed E-state index contributed by atoms with van der Waals surface area (Å²) in [5, 5.41) is 13.6. The largest absolute Gasteiger partial charge is 0.490 e. The van der Waals surface area contributed by atoms with Gasteiger partial charge in [-0.1, -0.05) is 41.3 Å². The van der Waals surface area contributed by atoms with E-state index < -0.39 is 33.8 Å². The van der Waals surface area contributed by atoms with Crippen LogP contribution in [0, 0.1) is 23.0 Å². The Morgan fingerprint density at radius 1 is 1.02 bits per heavy atom. The first-order chi connectivity index (χ1) is 21.6. The number of carbonyl (C=O) groups excluding carboxylic acids is 3. The molecule has 2 aliphatic heterocycles. The Morgan fingerprint density at radius 2 is 1.80 bits per heavy atom. The first kappa shape index (κ1) is 30.1. The van der Waals surface area contributed by atoms with Crippen molar-refractivity contribution in [1.82, 2.24) is 4.98 Å². The zero-order chi connectivity index (χ0) is 31.8. The summed E-state index contributed by atoms with van der Waals surface area (Å²) in [5.74, 6) is -2.20. The first-order valence-electron chi connectivity index (χ1n) is 13.9. The van der Waals surface area contributed by atoms with Crippen LogP contribution in [0.25, 0.3) is 0 Å². The molecule has 2 aliphatic rings. The highest BCUT2D eigenvalue weighted by Gasteiger charge is 2.56. The van der Waals surface area contributed by atoms with Crippen LogP contribution in [0.3, 0.4) is 0 Å². The van der Waals surface area contributed by atoms with Gasteiger partial charge in [0.2, 0.25) is 11.8 Å². The molecule has 0 saturated carbocycles. The average molecular weight is 647 g/mol. The number of aromatic amines is 1. The van der Waals surface area contributed by atoms with Gasteiger partial charge in [-0.25, -0.2) is 4.90 Å². The van der Waals surface area contributed by atoms with E-state index in [0.717, 1.165) is 33.6 Å². The lowest BCUT2D eigenvalue weighted by molar-refractivity contribution is -0.384. The van der Waals surface area contributed by atoms with Gasteiger partial charge in [0.1, 0.15) is 5.25 Å². The van der Waals surface area contributed by atoms with Crippen molar-refractivity contribution in [2.45, 2.75) is 30.0 Å². The number of carbonyl (C=O) groups is 3. The molecule has 2 N–H and O–H groups in total. The average Bonchev–Trinajstić information content (AvgIpc) is 3.50. The monoisotopic (exact) mass is 646 g/mol. The molecule has 3 atom stereocenters. The topological polar surface area (TPSA) is 161 Å². The van der Waals surface area contributed by atoms with Gasteiger partial charge in [-0.15, -0.1) is 0 Å². The standard InChI is InChI=1S/C31H26N4O8S2/c1-3-42-22-14-17(7-12-21(22)43-15-23(36)32-18-6-4-5-16(2)13-18)24-25-27(44-28-26(24)45-31(39)33-28)30(38)34(29(25)37)19-8-10-20(11-9-19)35(40)41/h4-14,24-25,27H,3,15H2,1-2H3,(H,32,36)(H,33,39). The van der Waals surface area contributed by atoms with Crippen LogP contribution in [0.2, 0.25) is 0 Å². The van der Waals surface area contributed by atoms with Gasteiger partial charge in [0.15, 0.2) is 18.1 Å². The Kier molecular flexibility index (Phi) is 8.16. The molecule has 0 bridgehead atoms. The van der Waals surface area contributed by atoms with Crippen LogP contribution in [0.15, 0.2) is 76.6 Å². The number of aromatic nitrogens is 1. The number of anilines is 2. The van der Waals surface area contributed by atoms with E-state index in [4.69, 9.17) is 9.47 Å². The molecule has 45 heavy (non-hydrogen) atoms. The second kappa shape index (κ2) is 12.2. The van der Waals surface area contributed by atoms with Gasteiger partial charge in [-0.05, 0) is 61.4 Å². The molecule has 0 spiro atoms. The minimum atomic E-state index is -0.863. The third-order valence-electron chi connectivity index (χ3n) is 7.43. The van der Waals surface area contributed by atoms with Crippen LogP contribution in [0.4, 0.5) is 17.1 Å². The first-order valence-corrected chi connectivity index (χ1v) is 15.6. The summed E-state index contributed by atoms with van der Waals surface area (Å²) in [7, 11) is 0. The molecule has 0 radical (unpaired) electrons. The predicted octanol–water partition coefficient (Wildman–Crippen LogP) is 4.87. The number of thioether (sulfide) groups is 1. The Morgan fingerprint density at radius 3 is 2.51 bits per heavy atom. The maximum absolute atomic E-state index is 14.0. The van der Waals surface area contributed by atoms with Gasteiger partial charge in [0.25, 0.3) is 11.6 Å². The van der Waals surface area contributed by atoms with Gasteiger partial charge in [-0.3, -0.25) is 29.3 Å². The number of H-pyrrole nitrogens is 1. The van der Waals surface area contributed by atoms with Crippen molar-refractivity contribution in [3.8, 4) is 11.5 Å². The lowest BCUT2D eigenvalue weighted by atomic mass is 9.83. The van der Waals surface area contributed by atoms with Gasteiger partial charge in [0, 0.05) is 28.6 Å². The Balaban J connectivity index is 1.31. The normalized spacial score (nSPS) is 18.7. The molecule has 3 heterocycles. The van der Waals surface area contributed by atoms with Crippen molar-refractivity contribution in [2.24, 2.45) is 5.92 Å². The molecule has 4 aromatic rings. The van der Waals surface area contributed by atoms with E-state index in [2.05, 4.69) is 10.3 Å². The lowest BCUT2D eigenvalue weighted by Crippen LogP contribution is -2.32. The number of nitrogens with one attached hydrogen (secondary N) is 2. The summed E-state index contributed by atoms with van der Waals surface area (Å²) in [4.78, 5) is 67.4. The molecular formula is C31H26N4O8S2. The number of amides is 3. The van der Waals surface area contributed by atoms with E-state index >= 15 is 0 Å². The molecule has 0 aliphatic carbocycles. The number of hydrogen-bond acceptors (Lipinski definition) is 10. The maximum atomic E-state index is 14.0. The number of nitro groups is 1. The van der Waals surface area contributed by atoms with Crippen molar-refractivity contribution in [3.63, 3.8) is 0 Å². The third-order valence-corrected chi connectivity index (χ3v) is 9.83. The van der Waals surface area contributed by atoms with E-state index in [-0.39, 0.29) is 35.4 Å². The fourth-order valence-corrected chi connectivity index (χ4v) is 8.04. The van der Waals surface area contributed by atoms with Crippen LogP contribution in [0.5, 0.6) is 11.5 Å². The molecule has 3 unspecified atom stereocenters. The van der Waals surface area contributed by atoms with Crippen molar-refractivity contribution in [3.05, 3.63) is 103 Å². The molecule has 3 aromatic carbocycles. The SMILES string of the molecule is CCOc1cc(C2c3sc(=O)[nH]c3SC3C(=O)N(c4ccc([N+](=O)[O-])cc4)C(=O)C32)ccc1OCC(=O)Nc1cccc(C)c1. The third kappa shape index (κ3) is 5.81. The number of hydrogen-bond donors (Lipinski definition) is 2. The fourth-order valence-electron chi connectivity index (χ4n) is 5.52. The van der Waals surface area contributed by atoms with E-state index in [1.165, 1.54) is 24.3 Å². The Bertz CT molecular complexity index is 1890. The molecular weight excluding hydrogens is 620 g/mol. The Hall–Kier alpha value is -4.95.